The van der Waals surface area contributed by atoms with Gasteiger partial charge in [-0.15, -0.1) is 11.7 Å². The Labute approximate surface area is 425 Å². The number of rotatable bonds is 24. The Bertz CT molecular complexity index is 2990. The van der Waals surface area contributed by atoms with Gasteiger partial charge in [-0.05, 0) is 42.4 Å². The average molecular weight is 1090 g/mol. The van der Waals surface area contributed by atoms with Crippen LogP contribution in [0.4, 0.5) is 10.2 Å². The molecule has 5 aromatic rings. The van der Waals surface area contributed by atoms with E-state index in [2.05, 4.69) is 37.2 Å². The predicted octanol–water partition coefficient (Wildman–Crippen LogP) is 6.89. The number of amides is 1. The SMILES string of the molecule is C=CCOP(=O)(OCCC#N)O[C@H]1[C@@H](F)[C@H](n2cnc3c(NC(=O)c4ccccc4)ncnc32)O[C@@H]1COP(=O)(OCCC#N)O[C@@H]1C(O[Si](C)(C)C(C)(C)C)C(CO)O[C@H]1n1nnc2c(C(=O)OC)cccc21. The number of nitrogens with zero attached hydrogens (tertiary/aromatic N) is 9. The summed E-state index contributed by atoms with van der Waals surface area (Å²) in [7, 11) is -11.5. The normalized spacial score (nSPS) is 23.7. The maximum Gasteiger partial charge on any atom is 0.475 e. The number of hydrogen-bond acceptors (Lipinski definition) is 22. The summed E-state index contributed by atoms with van der Waals surface area (Å²) in [5.41, 5.74) is 0.716. The third kappa shape index (κ3) is 12.3. The highest BCUT2D eigenvalue weighted by molar-refractivity contribution is 7.48. The van der Waals surface area contributed by atoms with Gasteiger partial charge in [-0.1, -0.05) is 56.3 Å². The quantitative estimate of drug-likeness (QED) is 0.0209. The summed E-state index contributed by atoms with van der Waals surface area (Å²) in [6.07, 6.45) is -10.1. The van der Waals surface area contributed by atoms with Gasteiger partial charge < -0.3 is 29.1 Å². The number of phosphoric ester groups is 2. The number of alkyl halides is 1. The van der Waals surface area contributed by atoms with Gasteiger partial charge in [0.25, 0.3) is 5.91 Å². The zero-order valence-corrected chi connectivity index (χ0v) is 43.9. The Balaban J connectivity index is 1.26. The van der Waals surface area contributed by atoms with Crippen molar-refractivity contribution in [1.29, 1.82) is 10.5 Å². The van der Waals surface area contributed by atoms with Crippen LogP contribution in [0.1, 0.15) is 66.8 Å². The van der Waals surface area contributed by atoms with Crippen molar-refractivity contribution in [3.63, 3.8) is 0 Å². The number of halogens is 1. The molecule has 2 aliphatic rings. The number of ether oxygens (including phenoxy) is 3. The van der Waals surface area contributed by atoms with Crippen molar-refractivity contribution in [3.8, 4) is 12.1 Å². The van der Waals surface area contributed by atoms with E-state index in [1.807, 2.05) is 46.0 Å². The van der Waals surface area contributed by atoms with Crippen molar-refractivity contribution in [2.75, 3.05) is 45.5 Å². The molecule has 25 nitrogen and oxygen atoms in total. The second-order valence-electron chi connectivity index (χ2n) is 18.1. The number of phosphoric acid groups is 2. The van der Waals surface area contributed by atoms with E-state index in [1.54, 1.807) is 42.5 Å². The lowest BCUT2D eigenvalue weighted by Crippen LogP contribution is -2.50. The van der Waals surface area contributed by atoms with Crippen LogP contribution in [0.5, 0.6) is 0 Å². The fourth-order valence-corrected chi connectivity index (χ4v) is 11.6. The molecule has 4 unspecified atom stereocenters. The Hall–Kier alpha value is -5.74. The zero-order chi connectivity index (χ0) is 53.4. The van der Waals surface area contributed by atoms with Gasteiger partial charge in [0.2, 0.25) is 0 Å². The van der Waals surface area contributed by atoms with Crippen molar-refractivity contribution in [1.82, 2.24) is 34.5 Å². The van der Waals surface area contributed by atoms with E-state index in [-0.39, 0.29) is 46.4 Å². The van der Waals surface area contributed by atoms with Crippen LogP contribution in [-0.2, 0) is 54.9 Å². The maximum absolute atomic E-state index is 17.3. The number of benzene rings is 2. The Morgan fingerprint density at radius 2 is 1.58 bits per heavy atom. The molecule has 7 rings (SSSR count). The van der Waals surface area contributed by atoms with Crippen LogP contribution >= 0.6 is 15.6 Å². The standard InChI is InChI=1S/C45H55FN10O15P2Si/c1-8-21-63-72(60,64-22-13-19-47)69-36-32(68-42(33(36)46)55-27-51-35-39(49-26-50-40(35)55)52-41(58)28-15-10-9-11-16-28)25-66-73(61,65-23-14-20-48)70-38-37(71-74(6,7)45(2,3)4)31(24-57)67-43(38)56-30-18-12-17-29(44(59)62-5)34(30)53-54-56/h8-12,15-18,26-27,31-33,36-38,42-43,57H,1,13-14,21-25H2,2-7H3,(H,49,50,52,58)/t31?,32-,33-,36-,37?,38-,42-,43-,72?,73?/m1/s1. The highest BCUT2D eigenvalue weighted by atomic mass is 31.2. The average Bonchev–Trinajstić information content (AvgIpc) is 4.16. The number of anilines is 1. The Kier molecular flexibility index (Phi) is 18.0. The van der Waals surface area contributed by atoms with E-state index >= 15 is 8.96 Å². The monoisotopic (exact) mass is 1080 g/mol. The van der Waals surface area contributed by atoms with Crippen LogP contribution in [0.3, 0.4) is 0 Å². The minimum Gasteiger partial charge on any atom is -0.465 e. The van der Waals surface area contributed by atoms with E-state index in [1.165, 1.54) is 23.9 Å². The third-order valence-electron chi connectivity index (χ3n) is 12.2. The summed E-state index contributed by atoms with van der Waals surface area (Å²) in [4.78, 5) is 38.7. The molecule has 29 heteroatoms. The molecule has 1 amide bonds. The summed E-state index contributed by atoms with van der Waals surface area (Å²) < 4.78 is 108. The summed E-state index contributed by atoms with van der Waals surface area (Å²) in [6, 6.07) is 16.6. The number of carbonyl (C=O) groups is 2. The molecule has 74 heavy (non-hydrogen) atoms. The maximum atomic E-state index is 17.3. The zero-order valence-electron chi connectivity index (χ0n) is 41.1. The van der Waals surface area contributed by atoms with Crippen molar-refractivity contribution in [3.05, 3.63) is 85.0 Å². The molecule has 0 aliphatic carbocycles. The first-order valence-corrected chi connectivity index (χ1v) is 28.8. The molecule has 2 aliphatic heterocycles. The molecule has 2 aromatic carbocycles. The minimum absolute atomic E-state index is 0.0269. The van der Waals surface area contributed by atoms with Crippen LogP contribution in [0.2, 0.25) is 18.1 Å². The summed E-state index contributed by atoms with van der Waals surface area (Å²) >= 11 is 0. The van der Waals surface area contributed by atoms with Crippen LogP contribution in [0, 0.1) is 22.7 Å². The summed E-state index contributed by atoms with van der Waals surface area (Å²) in [6.45, 7) is 10.4. The second-order valence-corrected chi connectivity index (χ2v) is 26.1. The number of hydrogen-bond donors (Lipinski definition) is 2. The number of imidazole rings is 1. The van der Waals surface area contributed by atoms with Crippen LogP contribution in [0.25, 0.3) is 22.2 Å². The predicted molar refractivity (Wildman–Crippen MR) is 260 cm³/mol. The molecule has 0 bridgehead atoms. The van der Waals surface area contributed by atoms with Crippen molar-refractivity contribution in [2.24, 2.45) is 0 Å². The van der Waals surface area contributed by atoms with Gasteiger partial charge >= 0.3 is 21.6 Å². The van der Waals surface area contributed by atoms with Gasteiger partial charge in [0.15, 0.2) is 43.9 Å². The molecule has 2 N–H and O–H groups in total. The number of nitrogens with one attached hydrogen (secondary N) is 1. The number of fused-ring (bicyclic) bond motifs is 2. The topological polar surface area (TPSA) is 315 Å². The number of methoxy groups -OCH3 is 1. The largest absolute Gasteiger partial charge is 0.475 e. The third-order valence-corrected chi connectivity index (χ3v) is 19.6. The number of aromatic nitrogens is 7. The van der Waals surface area contributed by atoms with Crippen molar-refractivity contribution < 1.29 is 74.0 Å². The Morgan fingerprint density at radius 1 is 0.905 bits per heavy atom. The van der Waals surface area contributed by atoms with Crippen LogP contribution < -0.4 is 5.32 Å². The molecule has 2 saturated heterocycles. The van der Waals surface area contributed by atoms with E-state index in [0.29, 0.717) is 5.56 Å². The van der Waals surface area contributed by atoms with Crippen molar-refractivity contribution >= 4 is 63.9 Å². The molecule has 0 radical (unpaired) electrons. The summed E-state index contributed by atoms with van der Waals surface area (Å²) in [5.74, 6) is -1.26. The minimum atomic E-state index is -5.09. The Morgan fingerprint density at radius 3 is 2.23 bits per heavy atom. The lowest BCUT2D eigenvalue weighted by molar-refractivity contribution is -0.0665. The van der Waals surface area contributed by atoms with Gasteiger partial charge in [0, 0.05) is 5.56 Å². The summed E-state index contributed by atoms with van der Waals surface area (Å²) in [5, 5.41) is 40.3. The van der Waals surface area contributed by atoms with E-state index in [0.717, 1.165) is 17.2 Å². The fraction of sp³-hybridized carbons (Fsp3) is 0.489. The fourth-order valence-electron chi connectivity index (χ4n) is 7.53. The first-order valence-electron chi connectivity index (χ1n) is 23.0. The molecule has 3 aromatic heterocycles. The molecule has 396 valence electrons. The number of esters is 1. The first-order chi connectivity index (χ1) is 35.3. The van der Waals surface area contributed by atoms with Gasteiger partial charge in [0.05, 0.1) is 82.5 Å². The smallest absolute Gasteiger partial charge is 0.465 e. The van der Waals surface area contributed by atoms with Crippen LogP contribution in [0.15, 0.2) is 73.8 Å². The lowest BCUT2D eigenvalue weighted by Gasteiger charge is -2.40. The molecule has 0 spiro atoms. The van der Waals surface area contributed by atoms with E-state index in [4.69, 9.17) is 45.8 Å². The van der Waals surface area contributed by atoms with Crippen LogP contribution in [-0.4, -0.2) is 137 Å². The number of aliphatic hydroxyl groups is 1. The number of nitriles is 2. The molecular formula is C45H55FN10O15P2Si. The lowest BCUT2D eigenvalue weighted by atomic mass is 10.1. The van der Waals surface area contributed by atoms with E-state index < -0.39 is 123 Å². The second kappa shape index (κ2) is 23.9. The molecular weight excluding hydrogens is 1030 g/mol. The molecule has 5 heterocycles. The van der Waals surface area contributed by atoms with Crippen molar-refractivity contribution in [2.45, 2.75) is 101 Å². The van der Waals surface area contributed by atoms with Gasteiger partial charge in [0.1, 0.15) is 42.4 Å². The number of aliphatic hydroxyl groups excluding tert-OH is 1. The van der Waals surface area contributed by atoms with Gasteiger partial charge in [-0.2, -0.15) is 10.5 Å². The van der Waals surface area contributed by atoms with Gasteiger partial charge in [-0.3, -0.25) is 36.5 Å². The van der Waals surface area contributed by atoms with E-state index in [9.17, 15) is 29.8 Å². The van der Waals surface area contributed by atoms with Gasteiger partial charge in [-0.25, -0.2) is 37.9 Å². The first kappa shape index (κ1) is 56.0. The highest BCUT2D eigenvalue weighted by Gasteiger charge is 2.56. The number of carbonyl (C=O) groups excluding carboxylic acids is 2. The highest BCUT2D eigenvalue weighted by Crippen LogP contribution is 2.57. The molecule has 2 fully saturated rings. The molecule has 10 atom stereocenters. The molecule has 0 saturated carbocycles.